The van der Waals surface area contributed by atoms with Gasteiger partial charge >= 0.3 is 0 Å². The van der Waals surface area contributed by atoms with E-state index in [1.54, 1.807) is 14.2 Å². The number of hydrogen-bond acceptors (Lipinski definition) is 4. The van der Waals surface area contributed by atoms with Crippen LogP contribution in [0.1, 0.15) is 19.3 Å². The molecular weight excluding hydrogens is 230 g/mol. The molecule has 1 fully saturated rings. The maximum atomic E-state index is 5.55. The second kappa shape index (κ2) is 5.73. The maximum absolute atomic E-state index is 5.55. The molecule has 0 amide bonds. The van der Waals surface area contributed by atoms with Crippen LogP contribution in [-0.4, -0.2) is 20.1 Å². The van der Waals surface area contributed by atoms with Gasteiger partial charge in [0.2, 0.25) is 0 Å². The van der Waals surface area contributed by atoms with Crippen molar-refractivity contribution in [2.24, 2.45) is 16.8 Å². The number of nitrogens with two attached hydrogens (primary N) is 1. The van der Waals surface area contributed by atoms with Gasteiger partial charge in [0.1, 0.15) is 23.0 Å². The highest BCUT2D eigenvalue weighted by atomic mass is 16.5. The van der Waals surface area contributed by atoms with Crippen molar-refractivity contribution in [2.75, 3.05) is 14.2 Å². The van der Waals surface area contributed by atoms with Crippen LogP contribution in [0.4, 0.5) is 5.69 Å². The fourth-order valence-electron chi connectivity index (χ4n) is 1.99. The van der Waals surface area contributed by atoms with Gasteiger partial charge in [-0.25, -0.2) is 10.8 Å². The predicted molar refractivity (Wildman–Crippen MR) is 71.3 cm³/mol. The van der Waals surface area contributed by atoms with Crippen LogP contribution in [0.3, 0.4) is 0 Å². The van der Waals surface area contributed by atoms with Crippen LogP contribution in [0.15, 0.2) is 23.2 Å². The van der Waals surface area contributed by atoms with Gasteiger partial charge < -0.3 is 14.9 Å². The zero-order valence-electron chi connectivity index (χ0n) is 10.8. The average molecular weight is 249 g/mol. The Morgan fingerprint density at radius 3 is 2.28 bits per heavy atom. The highest BCUT2D eigenvalue weighted by molar-refractivity contribution is 5.88. The normalized spacial score (nSPS) is 16.1. The summed E-state index contributed by atoms with van der Waals surface area (Å²) in [6, 6.07) is 5.59. The molecule has 3 N–H and O–H groups in total. The molecule has 1 aliphatic carbocycles. The van der Waals surface area contributed by atoms with Crippen molar-refractivity contribution in [2.45, 2.75) is 19.3 Å². The third-order valence-electron chi connectivity index (χ3n) is 3.27. The molecule has 1 aromatic carbocycles. The van der Waals surface area contributed by atoms with Gasteiger partial charge in [0, 0.05) is 5.92 Å². The molecule has 1 aromatic rings. The Labute approximate surface area is 107 Å². The average Bonchev–Trinajstić information content (AvgIpc) is 2.35. The lowest BCUT2D eigenvalue weighted by Gasteiger charge is -2.26. The summed E-state index contributed by atoms with van der Waals surface area (Å²) in [6.45, 7) is 0. The minimum absolute atomic E-state index is 0.421. The number of nitrogens with one attached hydrogen (secondary N) is 1. The lowest BCUT2D eigenvalue weighted by Crippen LogP contribution is -2.38. The summed E-state index contributed by atoms with van der Waals surface area (Å²) >= 11 is 0. The molecule has 1 aliphatic rings. The largest absolute Gasteiger partial charge is 0.494 e. The van der Waals surface area contributed by atoms with E-state index in [4.69, 9.17) is 15.3 Å². The number of benzene rings is 1. The number of methoxy groups -OCH3 is 2. The number of aliphatic imine (C=N–C) groups is 1. The summed E-state index contributed by atoms with van der Waals surface area (Å²) in [4.78, 5) is 4.57. The van der Waals surface area contributed by atoms with Crippen molar-refractivity contribution in [3.63, 3.8) is 0 Å². The third-order valence-corrected chi connectivity index (χ3v) is 3.27. The fourth-order valence-corrected chi connectivity index (χ4v) is 1.99. The van der Waals surface area contributed by atoms with Gasteiger partial charge in [-0.15, -0.1) is 0 Å². The standard InChI is InChI=1S/C13H19N3O2/c1-17-10-7-4-8-11(18-2)12(10)15-13(16-14)9-5-3-6-9/h4,7-9H,3,5-6,14H2,1-2H3,(H,15,16). The summed E-state index contributed by atoms with van der Waals surface area (Å²) in [7, 11) is 3.24. The van der Waals surface area contributed by atoms with E-state index in [0.717, 1.165) is 18.7 Å². The molecule has 0 spiro atoms. The van der Waals surface area contributed by atoms with Crippen molar-refractivity contribution in [3.05, 3.63) is 18.2 Å². The van der Waals surface area contributed by atoms with E-state index < -0.39 is 0 Å². The first-order chi connectivity index (χ1) is 8.80. The van der Waals surface area contributed by atoms with Crippen molar-refractivity contribution in [1.82, 2.24) is 5.43 Å². The second-order valence-electron chi connectivity index (χ2n) is 4.28. The van der Waals surface area contributed by atoms with Crippen molar-refractivity contribution < 1.29 is 9.47 Å². The van der Waals surface area contributed by atoms with Crippen LogP contribution in [0, 0.1) is 5.92 Å². The minimum atomic E-state index is 0.421. The Kier molecular flexibility index (Phi) is 4.04. The lowest BCUT2D eigenvalue weighted by atomic mass is 9.84. The third kappa shape index (κ3) is 2.41. The Morgan fingerprint density at radius 1 is 1.28 bits per heavy atom. The van der Waals surface area contributed by atoms with E-state index in [-0.39, 0.29) is 0 Å². The Morgan fingerprint density at radius 2 is 1.89 bits per heavy atom. The smallest absolute Gasteiger partial charge is 0.149 e. The number of para-hydroxylation sites is 1. The van der Waals surface area contributed by atoms with Gasteiger partial charge in [0.05, 0.1) is 14.2 Å². The van der Waals surface area contributed by atoms with Crippen LogP contribution >= 0.6 is 0 Å². The highest BCUT2D eigenvalue weighted by Gasteiger charge is 2.23. The summed E-state index contributed by atoms with van der Waals surface area (Å²) < 4.78 is 10.6. The SMILES string of the molecule is COc1cccc(OC)c1N=C(NN)C1CCC1. The van der Waals surface area contributed by atoms with Gasteiger partial charge in [-0.05, 0) is 25.0 Å². The Hall–Kier alpha value is -1.75. The number of rotatable bonds is 4. The molecule has 5 heteroatoms. The molecule has 0 aliphatic heterocycles. The van der Waals surface area contributed by atoms with E-state index in [2.05, 4.69) is 10.4 Å². The predicted octanol–water partition coefficient (Wildman–Crippen LogP) is 2.00. The van der Waals surface area contributed by atoms with E-state index >= 15 is 0 Å². The van der Waals surface area contributed by atoms with E-state index in [1.807, 2.05) is 18.2 Å². The fraction of sp³-hybridized carbons (Fsp3) is 0.462. The van der Waals surface area contributed by atoms with Crippen LogP contribution in [0.5, 0.6) is 11.5 Å². The zero-order valence-corrected chi connectivity index (χ0v) is 10.8. The molecule has 18 heavy (non-hydrogen) atoms. The number of hydrogen-bond donors (Lipinski definition) is 2. The number of hydrazine groups is 1. The zero-order chi connectivity index (χ0) is 13.0. The topological polar surface area (TPSA) is 68.9 Å². The van der Waals surface area contributed by atoms with Crippen LogP contribution in [0.2, 0.25) is 0 Å². The molecule has 0 bridgehead atoms. The lowest BCUT2D eigenvalue weighted by molar-refractivity contribution is 0.393. The summed E-state index contributed by atoms with van der Waals surface area (Å²) in [5, 5.41) is 0. The second-order valence-corrected chi connectivity index (χ2v) is 4.28. The van der Waals surface area contributed by atoms with Crippen molar-refractivity contribution in [3.8, 4) is 11.5 Å². The molecule has 0 radical (unpaired) electrons. The van der Waals surface area contributed by atoms with Crippen molar-refractivity contribution >= 4 is 11.5 Å². The molecule has 98 valence electrons. The first-order valence-corrected chi connectivity index (χ1v) is 6.06. The quantitative estimate of drug-likeness (QED) is 0.370. The van der Waals surface area contributed by atoms with Crippen LogP contribution in [0.25, 0.3) is 0 Å². The molecule has 0 atom stereocenters. The highest BCUT2D eigenvalue weighted by Crippen LogP contribution is 2.38. The summed E-state index contributed by atoms with van der Waals surface area (Å²) in [5.41, 5.74) is 3.38. The molecule has 2 rings (SSSR count). The summed E-state index contributed by atoms with van der Waals surface area (Å²) in [6.07, 6.45) is 3.48. The van der Waals surface area contributed by atoms with Gasteiger partial charge in [0.15, 0.2) is 0 Å². The van der Waals surface area contributed by atoms with Crippen LogP contribution in [-0.2, 0) is 0 Å². The number of nitrogens with zero attached hydrogens (tertiary/aromatic N) is 1. The molecule has 0 unspecified atom stereocenters. The van der Waals surface area contributed by atoms with Crippen LogP contribution < -0.4 is 20.7 Å². The molecule has 1 saturated carbocycles. The number of ether oxygens (including phenoxy) is 2. The van der Waals surface area contributed by atoms with Gasteiger partial charge in [-0.2, -0.15) is 0 Å². The first-order valence-electron chi connectivity index (χ1n) is 6.06. The maximum Gasteiger partial charge on any atom is 0.149 e. The van der Waals surface area contributed by atoms with E-state index in [9.17, 15) is 0 Å². The molecular formula is C13H19N3O2. The van der Waals surface area contributed by atoms with Crippen molar-refractivity contribution in [1.29, 1.82) is 0 Å². The minimum Gasteiger partial charge on any atom is -0.494 e. The molecule has 0 saturated heterocycles. The monoisotopic (exact) mass is 249 g/mol. The Bertz CT molecular complexity index is 420. The van der Waals surface area contributed by atoms with E-state index in [1.165, 1.54) is 6.42 Å². The van der Waals surface area contributed by atoms with E-state index in [0.29, 0.717) is 23.1 Å². The van der Waals surface area contributed by atoms with Gasteiger partial charge in [-0.1, -0.05) is 12.5 Å². The molecule has 0 heterocycles. The number of amidine groups is 1. The molecule has 5 nitrogen and oxygen atoms in total. The first kappa shape index (κ1) is 12.7. The molecule has 0 aromatic heterocycles. The Balaban J connectivity index is 2.38. The summed E-state index contributed by atoms with van der Waals surface area (Å²) in [5.74, 6) is 8.13. The van der Waals surface area contributed by atoms with Gasteiger partial charge in [0.25, 0.3) is 0 Å². The van der Waals surface area contributed by atoms with Gasteiger partial charge in [-0.3, -0.25) is 0 Å².